The van der Waals surface area contributed by atoms with Gasteiger partial charge >= 0.3 is 0 Å². The molecule has 0 radical (unpaired) electrons. The molecule has 2 aromatic carbocycles. The highest BCUT2D eigenvalue weighted by atomic mass is 19.1. The monoisotopic (exact) mass is 286 g/mol. The SMILES string of the molecule is O=C(Cc1ccc(F)cc1F)Cn1cnc2ccccc21. The number of nitrogens with zero attached hydrogens (tertiary/aromatic N) is 2. The van der Waals surface area contributed by atoms with Gasteiger partial charge in [0, 0.05) is 12.5 Å². The molecule has 3 aromatic rings. The standard InChI is InChI=1S/C16H12F2N2O/c17-12-6-5-11(14(18)8-12)7-13(21)9-20-10-19-15-3-1-2-4-16(15)20/h1-6,8,10H,7,9H2. The molecule has 1 heterocycles. The van der Waals surface area contributed by atoms with Crippen molar-refractivity contribution in [1.29, 1.82) is 0 Å². The summed E-state index contributed by atoms with van der Waals surface area (Å²) >= 11 is 0. The van der Waals surface area contributed by atoms with Crippen molar-refractivity contribution >= 4 is 16.8 Å². The molecular formula is C16H12F2N2O. The first-order valence-corrected chi connectivity index (χ1v) is 6.49. The fourth-order valence-corrected chi connectivity index (χ4v) is 2.26. The normalized spacial score (nSPS) is 11.0. The third kappa shape index (κ3) is 2.81. The largest absolute Gasteiger partial charge is 0.323 e. The van der Waals surface area contributed by atoms with Crippen LogP contribution in [0.3, 0.4) is 0 Å². The maximum Gasteiger partial charge on any atom is 0.157 e. The number of ketones is 1. The number of Topliss-reactive ketones (excluding diaryl/α,β-unsaturated/α-hetero) is 1. The number of imidazole rings is 1. The predicted octanol–water partition coefficient (Wildman–Crippen LogP) is 3.13. The average Bonchev–Trinajstić information content (AvgIpc) is 2.85. The van der Waals surface area contributed by atoms with Crippen molar-refractivity contribution in [2.75, 3.05) is 0 Å². The van der Waals surface area contributed by atoms with E-state index in [-0.39, 0.29) is 24.3 Å². The Bertz CT molecular complexity index is 811. The third-order valence-corrected chi connectivity index (χ3v) is 3.28. The van der Waals surface area contributed by atoms with E-state index in [0.29, 0.717) is 0 Å². The fraction of sp³-hybridized carbons (Fsp3) is 0.125. The number of aromatic nitrogens is 2. The molecule has 0 aliphatic carbocycles. The van der Waals surface area contributed by atoms with E-state index in [1.54, 1.807) is 10.9 Å². The van der Waals surface area contributed by atoms with Crippen LogP contribution in [0.4, 0.5) is 8.78 Å². The maximum absolute atomic E-state index is 13.5. The number of para-hydroxylation sites is 2. The summed E-state index contributed by atoms with van der Waals surface area (Å²) in [6.45, 7) is 0.108. The topological polar surface area (TPSA) is 34.9 Å². The van der Waals surface area contributed by atoms with Crippen LogP contribution in [0.25, 0.3) is 11.0 Å². The van der Waals surface area contributed by atoms with Gasteiger partial charge in [-0.15, -0.1) is 0 Å². The Balaban J connectivity index is 1.77. The number of carbonyl (C=O) groups excluding carboxylic acids is 1. The Kier molecular flexibility index (Phi) is 3.48. The molecule has 21 heavy (non-hydrogen) atoms. The lowest BCUT2D eigenvalue weighted by atomic mass is 10.1. The second kappa shape index (κ2) is 5.44. The van der Waals surface area contributed by atoms with Crippen molar-refractivity contribution < 1.29 is 13.6 Å². The van der Waals surface area contributed by atoms with Crippen LogP contribution in [0.5, 0.6) is 0 Å². The van der Waals surface area contributed by atoms with Gasteiger partial charge in [0.2, 0.25) is 0 Å². The first kappa shape index (κ1) is 13.4. The number of hydrogen-bond acceptors (Lipinski definition) is 2. The Morgan fingerprint density at radius 3 is 2.76 bits per heavy atom. The van der Waals surface area contributed by atoms with Gasteiger partial charge in [-0.25, -0.2) is 13.8 Å². The van der Waals surface area contributed by atoms with E-state index < -0.39 is 11.6 Å². The van der Waals surface area contributed by atoms with Crippen molar-refractivity contribution in [1.82, 2.24) is 9.55 Å². The van der Waals surface area contributed by atoms with Gasteiger partial charge in [-0.2, -0.15) is 0 Å². The summed E-state index contributed by atoms with van der Waals surface area (Å²) in [5, 5.41) is 0. The zero-order valence-electron chi connectivity index (χ0n) is 11.1. The number of hydrogen-bond donors (Lipinski definition) is 0. The van der Waals surface area contributed by atoms with E-state index in [4.69, 9.17) is 0 Å². The van der Waals surface area contributed by atoms with E-state index in [0.717, 1.165) is 23.2 Å². The minimum atomic E-state index is -0.696. The van der Waals surface area contributed by atoms with Gasteiger partial charge < -0.3 is 4.57 Å². The van der Waals surface area contributed by atoms with Crippen LogP contribution >= 0.6 is 0 Å². The zero-order valence-corrected chi connectivity index (χ0v) is 11.1. The summed E-state index contributed by atoms with van der Waals surface area (Å²) in [5.41, 5.74) is 1.86. The summed E-state index contributed by atoms with van der Waals surface area (Å²) in [5.74, 6) is -1.51. The van der Waals surface area contributed by atoms with E-state index >= 15 is 0 Å². The first-order valence-electron chi connectivity index (χ1n) is 6.49. The smallest absolute Gasteiger partial charge is 0.157 e. The molecule has 0 atom stereocenters. The van der Waals surface area contributed by atoms with Crippen LogP contribution in [0.1, 0.15) is 5.56 Å². The van der Waals surface area contributed by atoms with Crippen molar-refractivity contribution in [3.05, 3.63) is 66.0 Å². The highest BCUT2D eigenvalue weighted by molar-refractivity contribution is 5.83. The molecule has 0 fully saturated rings. The summed E-state index contributed by atoms with van der Waals surface area (Å²) in [7, 11) is 0. The van der Waals surface area contributed by atoms with Crippen LogP contribution in [-0.4, -0.2) is 15.3 Å². The highest BCUT2D eigenvalue weighted by Gasteiger charge is 2.11. The van der Waals surface area contributed by atoms with Gasteiger partial charge in [0.15, 0.2) is 5.78 Å². The van der Waals surface area contributed by atoms with E-state index in [1.165, 1.54) is 6.07 Å². The van der Waals surface area contributed by atoms with Gasteiger partial charge in [0.1, 0.15) is 11.6 Å². The van der Waals surface area contributed by atoms with Crippen LogP contribution in [0, 0.1) is 11.6 Å². The Hall–Kier alpha value is -2.56. The van der Waals surface area contributed by atoms with Crippen molar-refractivity contribution in [2.24, 2.45) is 0 Å². The molecule has 3 nitrogen and oxygen atoms in total. The second-order valence-corrected chi connectivity index (χ2v) is 4.81. The Morgan fingerprint density at radius 2 is 1.95 bits per heavy atom. The number of halogens is 2. The summed E-state index contributed by atoms with van der Waals surface area (Å²) in [6, 6.07) is 10.7. The summed E-state index contributed by atoms with van der Waals surface area (Å²) in [6.07, 6.45) is 1.52. The van der Waals surface area contributed by atoms with Crippen molar-refractivity contribution in [2.45, 2.75) is 13.0 Å². The number of rotatable bonds is 4. The van der Waals surface area contributed by atoms with Gasteiger partial charge in [-0.05, 0) is 23.8 Å². The lowest BCUT2D eigenvalue weighted by Crippen LogP contribution is -2.12. The second-order valence-electron chi connectivity index (χ2n) is 4.81. The number of benzene rings is 2. The van der Waals surface area contributed by atoms with Crippen LogP contribution in [0.15, 0.2) is 48.8 Å². The molecule has 0 amide bonds. The fourth-order valence-electron chi connectivity index (χ4n) is 2.26. The van der Waals surface area contributed by atoms with Gasteiger partial charge in [0.05, 0.1) is 23.9 Å². The van der Waals surface area contributed by atoms with E-state index in [1.807, 2.05) is 24.3 Å². The Labute approximate surface area is 119 Å². The lowest BCUT2D eigenvalue weighted by molar-refractivity contribution is -0.119. The molecule has 5 heteroatoms. The van der Waals surface area contributed by atoms with Crippen LogP contribution in [0.2, 0.25) is 0 Å². The minimum absolute atomic E-state index is 0.0708. The predicted molar refractivity (Wildman–Crippen MR) is 74.8 cm³/mol. The lowest BCUT2D eigenvalue weighted by Gasteiger charge is -2.05. The quantitative estimate of drug-likeness (QED) is 0.738. The van der Waals surface area contributed by atoms with Gasteiger partial charge in [-0.3, -0.25) is 4.79 Å². The molecule has 0 unspecified atom stereocenters. The molecule has 0 bridgehead atoms. The van der Waals surface area contributed by atoms with Crippen molar-refractivity contribution in [3.8, 4) is 0 Å². The van der Waals surface area contributed by atoms with Gasteiger partial charge in [-0.1, -0.05) is 18.2 Å². The molecule has 3 rings (SSSR count). The number of fused-ring (bicyclic) bond motifs is 1. The highest BCUT2D eigenvalue weighted by Crippen LogP contribution is 2.14. The van der Waals surface area contributed by atoms with Gasteiger partial charge in [0.25, 0.3) is 0 Å². The number of carbonyl (C=O) groups is 1. The maximum atomic E-state index is 13.5. The molecular weight excluding hydrogens is 274 g/mol. The summed E-state index contributed by atoms with van der Waals surface area (Å²) in [4.78, 5) is 16.2. The molecule has 1 aromatic heterocycles. The molecule has 0 aliphatic rings. The zero-order chi connectivity index (χ0) is 14.8. The summed E-state index contributed by atoms with van der Waals surface area (Å²) < 4.78 is 28.1. The van der Waals surface area contributed by atoms with E-state index in [2.05, 4.69) is 4.98 Å². The van der Waals surface area contributed by atoms with E-state index in [9.17, 15) is 13.6 Å². The molecule has 0 aliphatic heterocycles. The Morgan fingerprint density at radius 1 is 1.14 bits per heavy atom. The minimum Gasteiger partial charge on any atom is -0.323 e. The van der Waals surface area contributed by atoms with Crippen LogP contribution < -0.4 is 0 Å². The third-order valence-electron chi connectivity index (χ3n) is 3.28. The van der Waals surface area contributed by atoms with Crippen LogP contribution in [-0.2, 0) is 17.8 Å². The average molecular weight is 286 g/mol. The first-order chi connectivity index (χ1) is 10.1. The molecule has 106 valence electrons. The van der Waals surface area contributed by atoms with Crippen molar-refractivity contribution in [3.63, 3.8) is 0 Å². The molecule has 0 saturated carbocycles. The molecule has 0 spiro atoms. The molecule has 0 saturated heterocycles. The molecule has 0 N–H and O–H groups in total.